The van der Waals surface area contributed by atoms with Crippen LogP contribution < -0.4 is 10.6 Å². The highest BCUT2D eigenvalue weighted by atomic mass is 16.5. The second-order valence-electron chi connectivity index (χ2n) is 5.43. The van der Waals surface area contributed by atoms with Gasteiger partial charge in [-0.15, -0.1) is 0 Å². The lowest BCUT2D eigenvalue weighted by Crippen LogP contribution is -2.16. The molecule has 1 heterocycles. The number of ether oxygens (including phenoxy) is 1. The second kappa shape index (κ2) is 9.36. The van der Waals surface area contributed by atoms with Crippen LogP contribution in [0.25, 0.3) is 0 Å². The molecule has 0 aliphatic carbocycles. The number of hydrogen-bond donors (Lipinski definition) is 2. The van der Waals surface area contributed by atoms with Crippen LogP contribution in [0, 0.1) is 0 Å². The van der Waals surface area contributed by atoms with Crippen molar-refractivity contribution >= 4 is 23.5 Å². The number of methoxy groups -OCH3 is 1. The van der Waals surface area contributed by atoms with Crippen LogP contribution in [-0.2, 0) is 4.74 Å². The molecule has 2 aromatic rings. The van der Waals surface area contributed by atoms with E-state index in [0.717, 1.165) is 25.8 Å². The van der Waals surface area contributed by atoms with Gasteiger partial charge in [-0.25, -0.2) is 14.8 Å². The number of rotatable bonds is 8. The van der Waals surface area contributed by atoms with E-state index in [9.17, 15) is 9.59 Å². The molecule has 0 aliphatic rings. The first kappa shape index (κ1) is 18.4. The fraction of sp³-hybridized carbons (Fsp3) is 0.333. The van der Waals surface area contributed by atoms with E-state index in [2.05, 4.69) is 32.3 Å². The van der Waals surface area contributed by atoms with Gasteiger partial charge in [0.05, 0.1) is 12.7 Å². The molecular formula is C18H22N4O3. The zero-order valence-corrected chi connectivity index (χ0v) is 14.4. The third-order valence-corrected chi connectivity index (χ3v) is 3.49. The minimum atomic E-state index is -0.461. The fourth-order valence-corrected chi connectivity index (χ4v) is 2.18. The van der Waals surface area contributed by atoms with Crippen LogP contribution >= 0.6 is 0 Å². The van der Waals surface area contributed by atoms with E-state index in [0.29, 0.717) is 17.2 Å². The Labute approximate surface area is 146 Å². The lowest BCUT2D eigenvalue weighted by molar-refractivity contribution is 0.0600. The summed E-state index contributed by atoms with van der Waals surface area (Å²) in [5.41, 5.74) is 1.10. The summed E-state index contributed by atoms with van der Waals surface area (Å²) < 4.78 is 4.67. The van der Waals surface area contributed by atoms with E-state index < -0.39 is 5.97 Å². The molecule has 1 amide bonds. The van der Waals surface area contributed by atoms with Crippen LogP contribution in [-0.4, -0.2) is 35.5 Å². The van der Waals surface area contributed by atoms with Gasteiger partial charge in [-0.2, -0.15) is 0 Å². The maximum atomic E-state index is 12.3. The number of carbonyl (C=O) groups is 2. The number of hydrogen-bond acceptors (Lipinski definition) is 6. The summed E-state index contributed by atoms with van der Waals surface area (Å²) in [6.45, 7) is 2.90. The van der Waals surface area contributed by atoms with Crippen LogP contribution in [0.5, 0.6) is 0 Å². The molecule has 0 fully saturated rings. The molecule has 2 N–H and O–H groups in total. The highest BCUT2D eigenvalue weighted by molar-refractivity contribution is 6.03. The first-order chi connectivity index (χ1) is 12.1. The number of amides is 1. The molecule has 0 spiro atoms. The van der Waals surface area contributed by atoms with Gasteiger partial charge in [-0.1, -0.05) is 25.8 Å². The van der Waals surface area contributed by atoms with Crippen molar-refractivity contribution in [1.82, 2.24) is 9.97 Å². The van der Waals surface area contributed by atoms with E-state index in [1.807, 2.05) is 0 Å². The number of carbonyl (C=O) groups excluding carboxylic acids is 2. The van der Waals surface area contributed by atoms with Gasteiger partial charge in [0.2, 0.25) is 5.95 Å². The highest BCUT2D eigenvalue weighted by Crippen LogP contribution is 2.13. The molecular weight excluding hydrogens is 320 g/mol. The Balaban J connectivity index is 2.02. The van der Waals surface area contributed by atoms with Crippen LogP contribution in [0.15, 0.2) is 36.5 Å². The minimum absolute atomic E-state index is 0.247. The van der Waals surface area contributed by atoms with Crippen molar-refractivity contribution in [2.45, 2.75) is 26.2 Å². The largest absolute Gasteiger partial charge is 0.465 e. The van der Waals surface area contributed by atoms with Gasteiger partial charge in [0.25, 0.3) is 5.91 Å². The molecule has 0 unspecified atom stereocenters. The number of benzene rings is 1. The van der Waals surface area contributed by atoms with Crippen molar-refractivity contribution in [2.24, 2.45) is 0 Å². The fourth-order valence-electron chi connectivity index (χ4n) is 2.18. The van der Waals surface area contributed by atoms with Gasteiger partial charge in [-0.05, 0) is 30.7 Å². The third kappa shape index (κ3) is 5.56. The lowest BCUT2D eigenvalue weighted by atomic mass is 10.2. The number of esters is 1. The van der Waals surface area contributed by atoms with Crippen LogP contribution in [0.3, 0.4) is 0 Å². The van der Waals surface area contributed by atoms with Crippen LogP contribution in [0.2, 0.25) is 0 Å². The Morgan fingerprint density at radius 1 is 1.20 bits per heavy atom. The van der Waals surface area contributed by atoms with Crippen LogP contribution in [0.1, 0.15) is 47.0 Å². The maximum absolute atomic E-state index is 12.3. The summed E-state index contributed by atoms with van der Waals surface area (Å²) in [7, 11) is 1.31. The molecule has 2 rings (SSSR count). The maximum Gasteiger partial charge on any atom is 0.337 e. The van der Waals surface area contributed by atoms with Crippen molar-refractivity contribution in [3.63, 3.8) is 0 Å². The monoisotopic (exact) mass is 342 g/mol. The molecule has 132 valence electrons. The van der Waals surface area contributed by atoms with Gasteiger partial charge < -0.3 is 15.4 Å². The van der Waals surface area contributed by atoms with E-state index in [1.54, 1.807) is 24.3 Å². The molecule has 1 aromatic carbocycles. The standard InChI is InChI=1S/C18H22N4O3/c1-3-4-5-10-19-18-20-11-9-15(22-18)16(23)21-14-8-6-7-13(12-14)17(24)25-2/h6-9,11-12H,3-5,10H2,1-2H3,(H,21,23)(H,19,20,22). The average molecular weight is 342 g/mol. The summed E-state index contributed by atoms with van der Waals surface area (Å²) in [5.74, 6) is -0.412. The number of nitrogens with one attached hydrogen (secondary N) is 2. The molecule has 7 nitrogen and oxygen atoms in total. The van der Waals surface area contributed by atoms with Crippen molar-refractivity contribution < 1.29 is 14.3 Å². The van der Waals surface area contributed by atoms with Crippen molar-refractivity contribution in [1.29, 1.82) is 0 Å². The quantitative estimate of drug-likeness (QED) is 0.565. The zero-order valence-electron chi connectivity index (χ0n) is 14.4. The molecule has 7 heteroatoms. The second-order valence-corrected chi connectivity index (χ2v) is 5.43. The van der Waals surface area contributed by atoms with Gasteiger partial charge in [-0.3, -0.25) is 4.79 Å². The van der Waals surface area contributed by atoms with E-state index in [-0.39, 0.29) is 11.6 Å². The molecule has 0 saturated heterocycles. The molecule has 25 heavy (non-hydrogen) atoms. The Morgan fingerprint density at radius 2 is 2.04 bits per heavy atom. The third-order valence-electron chi connectivity index (χ3n) is 3.49. The van der Waals surface area contributed by atoms with Crippen molar-refractivity contribution in [3.05, 3.63) is 47.8 Å². The average Bonchev–Trinajstić information content (AvgIpc) is 2.65. The van der Waals surface area contributed by atoms with E-state index in [1.165, 1.54) is 19.4 Å². The smallest absolute Gasteiger partial charge is 0.337 e. The number of aromatic nitrogens is 2. The van der Waals surface area contributed by atoms with Crippen molar-refractivity contribution in [3.8, 4) is 0 Å². The predicted octanol–water partition coefficient (Wildman–Crippen LogP) is 3.12. The summed E-state index contributed by atoms with van der Waals surface area (Å²) in [4.78, 5) is 32.2. The van der Waals surface area contributed by atoms with E-state index >= 15 is 0 Å². The SMILES string of the molecule is CCCCCNc1nccc(C(=O)Nc2cccc(C(=O)OC)c2)n1. The summed E-state index contributed by atoms with van der Waals surface area (Å²) in [6, 6.07) is 8.06. The summed E-state index contributed by atoms with van der Waals surface area (Å²) in [5, 5.41) is 5.82. The molecule has 0 aliphatic heterocycles. The lowest BCUT2D eigenvalue weighted by Gasteiger charge is -2.08. The minimum Gasteiger partial charge on any atom is -0.465 e. The topological polar surface area (TPSA) is 93.2 Å². The molecule has 0 saturated carbocycles. The van der Waals surface area contributed by atoms with Crippen LogP contribution in [0.4, 0.5) is 11.6 Å². The molecule has 0 atom stereocenters. The van der Waals surface area contributed by atoms with Crippen molar-refractivity contribution in [2.75, 3.05) is 24.3 Å². The van der Waals surface area contributed by atoms with Gasteiger partial charge in [0, 0.05) is 18.4 Å². The zero-order chi connectivity index (χ0) is 18.1. The summed E-state index contributed by atoms with van der Waals surface area (Å²) in [6.07, 6.45) is 4.82. The molecule has 0 bridgehead atoms. The Morgan fingerprint density at radius 3 is 2.80 bits per heavy atom. The van der Waals surface area contributed by atoms with E-state index in [4.69, 9.17) is 0 Å². The summed E-state index contributed by atoms with van der Waals surface area (Å²) >= 11 is 0. The normalized spacial score (nSPS) is 10.2. The Hall–Kier alpha value is -2.96. The predicted molar refractivity (Wildman–Crippen MR) is 95.8 cm³/mol. The Bertz CT molecular complexity index is 734. The highest BCUT2D eigenvalue weighted by Gasteiger charge is 2.11. The van der Waals surface area contributed by atoms with Gasteiger partial charge in [0.15, 0.2) is 0 Å². The number of unbranched alkanes of at least 4 members (excludes halogenated alkanes) is 2. The first-order valence-corrected chi connectivity index (χ1v) is 8.20. The Kier molecular flexibility index (Phi) is 6.88. The number of nitrogens with zero attached hydrogens (tertiary/aromatic N) is 2. The van der Waals surface area contributed by atoms with Gasteiger partial charge >= 0.3 is 5.97 Å². The number of anilines is 2. The van der Waals surface area contributed by atoms with Gasteiger partial charge in [0.1, 0.15) is 5.69 Å². The first-order valence-electron chi connectivity index (χ1n) is 8.20. The molecule has 0 radical (unpaired) electrons. The molecule has 1 aromatic heterocycles.